The fourth-order valence-corrected chi connectivity index (χ4v) is 2.28. The third kappa shape index (κ3) is 5.96. The molecule has 0 unspecified atom stereocenters. The molecule has 3 nitrogen and oxygen atoms in total. The van der Waals surface area contributed by atoms with Gasteiger partial charge >= 0.3 is 6.03 Å². The van der Waals surface area contributed by atoms with E-state index in [1.165, 1.54) is 4.90 Å². The molecule has 0 aliphatic rings. The lowest BCUT2D eigenvalue weighted by Gasteiger charge is -2.08. The highest BCUT2D eigenvalue weighted by Gasteiger charge is 2.01. The first-order chi connectivity index (χ1) is 8.61. The van der Waals surface area contributed by atoms with Gasteiger partial charge in [-0.2, -0.15) is 0 Å². The standard InChI is InChI=1S/C14H22N2OS/c1-4-9-15-14(17)16-10-12-5-7-13(8-6-12)18-11(2)3/h5-8,11H,4,9-10H2,1-3H3,(H2,15,16,17). The molecule has 2 N–H and O–H groups in total. The first kappa shape index (κ1) is 14.9. The summed E-state index contributed by atoms with van der Waals surface area (Å²) in [5, 5.41) is 6.21. The number of amides is 2. The normalized spacial score (nSPS) is 10.4. The van der Waals surface area contributed by atoms with Crippen LogP contribution in [0.3, 0.4) is 0 Å². The number of hydrogen-bond acceptors (Lipinski definition) is 2. The minimum absolute atomic E-state index is 0.0996. The Morgan fingerprint density at radius 1 is 1.22 bits per heavy atom. The van der Waals surface area contributed by atoms with E-state index in [0.29, 0.717) is 11.8 Å². The van der Waals surface area contributed by atoms with Gasteiger partial charge in [0, 0.05) is 23.2 Å². The van der Waals surface area contributed by atoms with Crippen molar-refractivity contribution in [3.63, 3.8) is 0 Å². The molecular weight excluding hydrogens is 244 g/mol. The molecule has 0 fully saturated rings. The van der Waals surface area contributed by atoms with E-state index in [9.17, 15) is 4.79 Å². The van der Waals surface area contributed by atoms with Gasteiger partial charge in [-0.1, -0.05) is 32.9 Å². The summed E-state index contributed by atoms with van der Waals surface area (Å²) in [6.07, 6.45) is 0.953. The van der Waals surface area contributed by atoms with Crippen molar-refractivity contribution in [2.45, 2.75) is 43.9 Å². The summed E-state index contributed by atoms with van der Waals surface area (Å²) >= 11 is 1.84. The molecule has 1 aromatic rings. The van der Waals surface area contributed by atoms with E-state index in [2.05, 4.69) is 48.7 Å². The summed E-state index contributed by atoms with van der Waals surface area (Å²) in [5.74, 6) is 0. The number of hydrogen-bond donors (Lipinski definition) is 2. The van der Waals surface area contributed by atoms with Crippen molar-refractivity contribution in [3.8, 4) is 0 Å². The van der Waals surface area contributed by atoms with Gasteiger partial charge < -0.3 is 10.6 Å². The maximum atomic E-state index is 11.4. The van der Waals surface area contributed by atoms with Crippen LogP contribution >= 0.6 is 11.8 Å². The molecule has 0 spiro atoms. The van der Waals surface area contributed by atoms with Crippen molar-refractivity contribution in [1.29, 1.82) is 0 Å². The Morgan fingerprint density at radius 3 is 2.44 bits per heavy atom. The van der Waals surface area contributed by atoms with Crippen LogP contribution in [0, 0.1) is 0 Å². The van der Waals surface area contributed by atoms with E-state index in [1.54, 1.807) is 0 Å². The quantitative estimate of drug-likeness (QED) is 0.775. The molecule has 0 radical (unpaired) electrons. The monoisotopic (exact) mass is 266 g/mol. The summed E-state index contributed by atoms with van der Waals surface area (Å²) in [6, 6.07) is 8.23. The van der Waals surface area contributed by atoms with Crippen LogP contribution in [0.5, 0.6) is 0 Å². The van der Waals surface area contributed by atoms with E-state index in [1.807, 2.05) is 18.7 Å². The Morgan fingerprint density at radius 2 is 1.89 bits per heavy atom. The second-order valence-electron chi connectivity index (χ2n) is 4.42. The lowest BCUT2D eigenvalue weighted by Crippen LogP contribution is -2.35. The molecule has 0 bridgehead atoms. The molecule has 0 heterocycles. The van der Waals surface area contributed by atoms with E-state index in [0.717, 1.165) is 18.5 Å². The second kappa shape index (κ2) is 8.03. The van der Waals surface area contributed by atoms with Crippen LogP contribution in [-0.4, -0.2) is 17.8 Å². The predicted molar refractivity (Wildman–Crippen MR) is 78.0 cm³/mol. The van der Waals surface area contributed by atoms with Crippen LogP contribution in [0.25, 0.3) is 0 Å². The SMILES string of the molecule is CCCNC(=O)NCc1ccc(SC(C)C)cc1. The minimum Gasteiger partial charge on any atom is -0.338 e. The highest BCUT2D eigenvalue weighted by atomic mass is 32.2. The van der Waals surface area contributed by atoms with Gasteiger partial charge in [-0.3, -0.25) is 0 Å². The summed E-state index contributed by atoms with van der Waals surface area (Å²) in [6.45, 7) is 7.68. The number of thioether (sulfide) groups is 1. The van der Waals surface area contributed by atoms with Gasteiger partial charge in [-0.15, -0.1) is 11.8 Å². The molecule has 0 aromatic heterocycles. The molecule has 4 heteroatoms. The van der Waals surface area contributed by atoms with Gasteiger partial charge in [0.15, 0.2) is 0 Å². The molecule has 0 atom stereocenters. The average Bonchev–Trinajstić information content (AvgIpc) is 2.35. The Kier molecular flexibility index (Phi) is 6.65. The molecule has 1 rings (SSSR count). The zero-order valence-electron chi connectivity index (χ0n) is 11.3. The number of carbonyl (C=O) groups is 1. The molecule has 100 valence electrons. The van der Waals surface area contributed by atoms with Gasteiger partial charge in [0.05, 0.1) is 0 Å². The van der Waals surface area contributed by atoms with Gasteiger partial charge in [0.2, 0.25) is 0 Å². The van der Waals surface area contributed by atoms with Gasteiger partial charge in [-0.25, -0.2) is 4.79 Å². The third-order valence-electron chi connectivity index (χ3n) is 2.28. The number of carbonyl (C=O) groups excluding carboxylic acids is 1. The third-order valence-corrected chi connectivity index (χ3v) is 3.30. The summed E-state index contributed by atoms with van der Waals surface area (Å²) < 4.78 is 0. The average molecular weight is 266 g/mol. The second-order valence-corrected chi connectivity index (χ2v) is 6.07. The highest BCUT2D eigenvalue weighted by molar-refractivity contribution is 7.99. The van der Waals surface area contributed by atoms with Crippen molar-refractivity contribution in [1.82, 2.24) is 10.6 Å². The lowest BCUT2D eigenvalue weighted by atomic mass is 10.2. The largest absolute Gasteiger partial charge is 0.338 e. The zero-order chi connectivity index (χ0) is 13.4. The molecule has 18 heavy (non-hydrogen) atoms. The zero-order valence-corrected chi connectivity index (χ0v) is 12.1. The van der Waals surface area contributed by atoms with Crippen LogP contribution < -0.4 is 10.6 Å². The van der Waals surface area contributed by atoms with Crippen molar-refractivity contribution in [3.05, 3.63) is 29.8 Å². The Bertz CT molecular complexity index is 363. The van der Waals surface area contributed by atoms with Gasteiger partial charge in [0.1, 0.15) is 0 Å². The molecule has 1 aromatic carbocycles. The molecular formula is C14H22N2OS. The lowest BCUT2D eigenvalue weighted by molar-refractivity contribution is 0.240. The van der Waals surface area contributed by atoms with Crippen molar-refractivity contribution in [2.24, 2.45) is 0 Å². The minimum atomic E-state index is -0.0996. The van der Waals surface area contributed by atoms with Gasteiger partial charge in [-0.05, 0) is 24.1 Å². The Hall–Kier alpha value is -1.16. The van der Waals surface area contributed by atoms with E-state index < -0.39 is 0 Å². The molecule has 2 amide bonds. The summed E-state index contributed by atoms with van der Waals surface area (Å²) in [7, 11) is 0. The first-order valence-electron chi connectivity index (χ1n) is 6.39. The number of benzene rings is 1. The summed E-state index contributed by atoms with van der Waals surface area (Å²) in [5.41, 5.74) is 1.12. The van der Waals surface area contributed by atoms with Crippen molar-refractivity contribution in [2.75, 3.05) is 6.54 Å². The molecule has 0 aliphatic heterocycles. The summed E-state index contributed by atoms with van der Waals surface area (Å²) in [4.78, 5) is 12.6. The first-order valence-corrected chi connectivity index (χ1v) is 7.27. The smallest absolute Gasteiger partial charge is 0.315 e. The topological polar surface area (TPSA) is 41.1 Å². The molecule has 0 saturated heterocycles. The Labute approximate surface area is 114 Å². The fraction of sp³-hybridized carbons (Fsp3) is 0.500. The molecule has 0 saturated carbocycles. The number of rotatable bonds is 6. The van der Waals surface area contributed by atoms with Gasteiger partial charge in [0.25, 0.3) is 0 Å². The van der Waals surface area contributed by atoms with E-state index in [4.69, 9.17) is 0 Å². The van der Waals surface area contributed by atoms with Crippen LogP contribution in [-0.2, 0) is 6.54 Å². The van der Waals surface area contributed by atoms with E-state index >= 15 is 0 Å². The highest BCUT2D eigenvalue weighted by Crippen LogP contribution is 2.22. The van der Waals surface area contributed by atoms with Crippen LogP contribution in [0.2, 0.25) is 0 Å². The van der Waals surface area contributed by atoms with Crippen LogP contribution in [0.4, 0.5) is 4.79 Å². The van der Waals surface area contributed by atoms with Crippen LogP contribution in [0.1, 0.15) is 32.8 Å². The fourth-order valence-electron chi connectivity index (χ4n) is 1.44. The Balaban J connectivity index is 2.37. The van der Waals surface area contributed by atoms with E-state index in [-0.39, 0.29) is 6.03 Å². The van der Waals surface area contributed by atoms with Crippen LogP contribution in [0.15, 0.2) is 29.2 Å². The number of urea groups is 1. The molecule has 0 aliphatic carbocycles. The predicted octanol–water partition coefficient (Wildman–Crippen LogP) is 3.40. The number of nitrogens with one attached hydrogen (secondary N) is 2. The maximum Gasteiger partial charge on any atom is 0.315 e. The van der Waals surface area contributed by atoms with Crippen molar-refractivity contribution < 1.29 is 4.79 Å². The maximum absolute atomic E-state index is 11.4. The van der Waals surface area contributed by atoms with Crippen molar-refractivity contribution >= 4 is 17.8 Å².